The molecule has 0 saturated carbocycles. The Bertz CT molecular complexity index is 21.0. The number of nitrogens with one attached hydrogen (secondary N) is 2. The molecule has 1 heterocycles. The molecule has 6 heavy (non-hydrogen) atoms. The Morgan fingerprint density at radius 3 is 2.00 bits per heavy atom. The summed E-state index contributed by atoms with van der Waals surface area (Å²) in [4.78, 5) is 0. The number of rotatable bonds is 0. The topological polar surface area (TPSA) is 24.1 Å². The fourth-order valence-corrected chi connectivity index (χ4v) is 0.429. The molecule has 0 aromatic rings. The zero-order chi connectivity index (χ0) is 4.24. The van der Waals surface area contributed by atoms with Crippen LogP contribution in [0, 0.1) is 13.1 Å². The average Bonchev–Trinajstić information content (AvgIpc) is 1.72. The van der Waals surface area contributed by atoms with E-state index in [1.807, 2.05) is 13.1 Å². The van der Waals surface area contributed by atoms with Gasteiger partial charge < -0.3 is 10.6 Å². The van der Waals surface area contributed by atoms with Gasteiger partial charge in [0.15, 0.2) is 0 Å². The van der Waals surface area contributed by atoms with Crippen LogP contribution in [-0.4, -0.2) is 13.1 Å². The lowest BCUT2D eigenvalue weighted by atomic mass is 10.4. The van der Waals surface area contributed by atoms with Gasteiger partial charge in [0.05, 0.1) is 0 Å². The Labute approximate surface area is 37.9 Å². The van der Waals surface area contributed by atoms with Crippen LogP contribution in [0.4, 0.5) is 0 Å². The summed E-state index contributed by atoms with van der Waals surface area (Å²) in [7, 11) is 0. The molecule has 0 spiro atoms. The van der Waals surface area contributed by atoms with Crippen LogP contribution in [0.2, 0.25) is 0 Å². The highest BCUT2D eigenvalue weighted by molar-refractivity contribution is 4.79. The monoisotopic (exact) mass is 84.1 g/mol. The standard InChI is InChI=1S/C4H8N2/c1-2-6-4-3-5-1/h1,3,5-6H,2,4H2. The van der Waals surface area contributed by atoms with Gasteiger partial charge in [-0.05, 0) is 0 Å². The summed E-state index contributed by atoms with van der Waals surface area (Å²) in [6.45, 7) is 5.92. The van der Waals surface area contributed by atoms with E-state index >= 15 is 0 Å². The average molecular weight is 84.1 g/mol. The molecule has 2 nitrogen and oxygen atoms in total. The maximum atomic E-state index is 3.11. The van der Waals surface area contributed by atoms with E-state index in [0.717, 1.165) is 13.1 Å². The Balaban J connectivity index is 2.00. The highest BCUT2D eigenvalue weighted by atomic mass is 15.0. The van der Waals surface area contributed by atoms with E-state index in [2.05, 4.69) is 10.6 Å². The molecule has 0 aromatic carbocycles. The molecule has 0 bridgehead atoms. The molecule has 34 valence electrons. The van der Waals surface area contributed by atoms with E-state index in [9.17, 15) is 0 Å². The lowest BCUT2D eigenvalue weighted by Gasteiger charge is -2.09. The van der Waals surface area contributed by atoms with Crippen molar-refractivity contribution in [3.05, 3.63) is 13.1 Å². The first-order valence-electron chi connectivity index (χ1n) is 2.10. The molecule has 0 aromatic heterocycles. The minimum atomic E-state index is 0.983. The summed E-state index contributed by atoms with van der Waals surface area (Å²) in [5, 5.41) is 6.08. The van der Waals surface area contributed by atoms with Gasteiger partial charge in [-0.2, -0.15) is 0 Å². The van der Waals surface area contributed by atoms with Gasteiger partial charge >= 0.3 is 0 Å². The lowest BCUT2D eigenvalue weighted by molar-refractivity contribution is 0.654. The molecule has 1 aliphatic rings. The van der Waals surface area contributed by atoms with E-state index < -0.39 is 0 Å². The van der Waals surface area contributed by atoms with Crippen molar-refractivity contribution in [2.24, 2.45) is 0 Å². The van der Waals surface area contributed by atoms with Gasteiger partial charge in [-0.15, -0.1) is 0 Å². The quantitative estimate of drug-likeness (QED) is 0.413. The minimum absolute atomic E-state index is 0.983. The predicted molar refractivity (Wildman–Crippen MR) is 24.6 cm³/mol. The molecule has 0 atom stereocenters. The van der Waals surface area contributed by atoms with Crippen molar-refractivity contribution in [3.63, 3.8) is 0 Å². The van der Waals surface area contributed by atoms with E-state index in [1.54, 1.807) is 0 Å². The van der Waals surface area contributed by atoms with Gasteiger partial charge in [0.2, 0.25) is 0 Å². The van der Waals surface area contributed by atoms with Crippen molar-refractivity contribution in [1.82, 2.24) is 10.6 Å². The molecule has 0 aliphatic carbocycles. The third-order valence-electron chi connectivity index (χ3n) is 0.729. The molecule has 1 rings (SSSR count). The number of hydrogen-bond donors (Lipinski definition) is 2. The smallest absolute Gasteiger partial charge is 0.0362 e. The SMILES string of the molecule is [CH]1CNC[CH]N1. The van der Waals surface area contributed by atoms with Crippen LogP contribution in [0.25, 0.3) is 0 Å². The molecule has 2 radical (unpaired) electrons. The van der Waals surface area contributed by atoms with Gasteiger partial charge in [0.25, 0.3) is 0 Å². The third-order valence-corrected chi connectivity index (χ3v) is 0.729. The zero-order valence-corrected chi connectivity index (χ0v) is 3.57. The van der Waals surface area contributed by atoms with E-state index in [4.69, 9.17) is 0 Å². The van der Waals surface area contributed by atoms with E-state index in [0.29, 0.717) is 0 Å². The first-order chi connectivity index (χ1) is 3.00. The van der Waals surface area contributed by atoms with Crippen LogP contribution in [0.5, 0.6) is 0 Å². The molecular formula is C4H8N2. The Morgan fingerprint density at radius 1 is 1.17 bits per heavy atom. The molecule has 0 amide bonds. The second-order valence-corrected chi connectivity index (χ2v) is 1.23. The number of hydrogen-bond acceptors (Lipinski definition) is 2. The molecule has 2 N–H and O–H groups in total. The highest BCUT2D eigenvalue weighted by Gasteiger charge is 1.92. The fourth-order valence-electron chi connectivity index (χ4n) is 0.429. The summed E-state index contributed by atoms with van der Waals surface area (Å²) in [5.74, 6) is 0. The largest absolute Gasteiger partial charge is 0.314 e. The van der Waals surface area contributed by atoms with Gasteiger partial charge in [-0.3, -0.25) is 0 Å². The Hall–Kier alpha value is -0.0800. The van der Waals surface area contributed by atoms with Gasteiger partial charge in [0.1, 0.15) is 0 Å². The highest BCUT2D eigenvalue weighted by Crippen LogP contribution is 1.76. The summed E-state index contributed by atoms with van der Waals surface area (Å²) in [5.41, 5.74) is 0. The first-order valence-corrected chi connectivity index (χ1v) is 2.10. The van der Waals surface area contributed by atoms with Crippen molar-refractivity contribution in [2.45, 2.75) is 0 Å². The second-order valence-electron chi connectivity index (χ2n) is 1.23. The fraction of sp³-hybridized carbons (Fsp3) is 0.500. The number of piperazine rings is 1. The molecule has 1 fully saturated rings. The van der Waals surface area contributed by atoms with Gasteiger partial charge in [0, 0.05) is 26.2 Å². The molecule has 1 saturated heterocycles. The van der Waals surface area contributed by atoms with E-state index in [-0.39, 0.29) is 0 Å². The first kappa shape index (κ1) is 4.09. The van der Waals surface area contributed by atoms with Gasteiger partial charge in [-0.1, -0.05) is 0 Å². The van der Waals surface area contributed by atoms with Crippen LogP contribution in [0.3, 0.4) is 0 Å². The van der Waals surface area contributed by atoms with Crippen molar-refractivity contribution in [2.75, 3.05) is 13.1 Å². The van der Waals surface area contributed by atoms with Crippen LogP contribution in [-0.2, 0) is 0 Å². The molecule has 0 unspecified atom stereocenters. The maximum Gasteiger partial charge on any atom is 0.0362 e. The Morgan fingerprint density at radius 2 is 1.83 bits per heavy atom. The summed E-state index contributed by atoms with van der Waals surface area (Å²) < 4.78 is 0. The predicted octanol–water partition coefficient (Wildman–Crippen LogP) is -0.497. The summed E-state index contributed by atoms with van der Waals surface area (Å²) in [6.07, 6.45) is 0. The third kappa shape index (κ3) is 0.954. The second kappa shape index (κ2) is 2.16. The molecule has 2 heteroatoms. The zero-order valence-electron chi connectivity index (χ0n) is 3.57. The van der Waals surface area contributed by atoms with Gasteiger partial charge in [-0.25, -0.2) is 0 Å². The Kier molecular flexibility index (Phi) is 1.47. The van der Waals surface area contributed by atoms with Crippen LogP contribution < -0.4 is 10.6 Å². The van der Waals surface area contributed by atoms with E-state index in [1.165, 1.54) is 0 Å². The lowest BCUT2D eigenvalue weighted by Crippen LogP contribution is -2.32. The minimum Gasteiger partial charge on any atom is -0.314 e. The van der Waals surface area contributed by atoms with Crippen molar-refractivity contribution >= 4 is 0 Å². The van der Waals surface area contributed by atoms with Crippen LogP contribution in [0.1, 0.15) is 0 Å². The molecule has 1 aliphatic heterocycles. The van der Waals surface area contributed by atoms with Crippen LogP contribution >= 0.6 is 0 Å². The van der Waals surface area contributed by atoms with Crippen molar-refractivity contribution in [1.29, 1.82) is 0 Å². The van der Waals surface area contributed by atoms with Crippen molar-refractivity contribution in [3.8, 4) is 0 Å². The van der Waals surface area contributed by atoms with Crippen molar-refractivity contribution < 1.29 is 0 Å². The van der Waals surface area contributed by atoms with Crippen LogP contribution in [0.15, 0.2) is 0 Å². The summed E-state index contributed by atoms with van der Waals surface area (Å²) >= 11 is 0. The molecular weight excluding hydrogens is 76.1 g/mol. The normalized spacial score (nSPS) is 24.0. The maximum absolute atomic E-state index is 3.11. The summed E-state index contributed by atoms with van der Waals surface area (Å²) in [6, 6.07) is 0.